The summed E-state index contributed by atoms with van der Waals surface area (Å²) in [5, 5.41) is 0.700. The summed E-state index contributed by atoms with van der Waals surface area (Å²) >= 11 is 6.10. The van der Waals surface area contributed by atoms with Crippen molar-refractivity contribution in [2.24, 2.45) is 0 Å². The minimum absolute atomic E-state index is 0.0600. The van der Waals surface area contributed by atoms with Gasteiger partial charge in [0.05, 0.1) is 11.8 Å². The molecule has 1 fully saturated rings. The van der Waals surface area contributed by atoms with Crippen molar-refractivity contribution < 1.29 is 14.4 Å². The standard InChI is InChI=1S/C26H31ClN4O3/c1-18(2)33-25-6-4-3-5-24(25)30-13-11-29(12-14-30)17-21-16-22(28-34-21)26(32)31-10-9-19-15-20(27)7-8-23(19)31/h3-8,15-16,18,21,28H,9-14,17H2,1-2H3. The van der Waals surface area contributed by atoms with Crippen LogP contribution in [0.4, 0.5) is 11.4 Å². The minimum atomic E-state index is -0.158. The second kappa shape index (κ2) is 9.86. The maximum Gasteiger partial charge on any atom is 0.276 e. The molecule has 1 saturated heterocycles. The Morgan fingerprint density at radius 1 is 1.12 bits per heavy atom. The van der Waals surface area contributed by atoms with Gasteiger partial charge >= 0.3 is 0 Å². The largest absolute Gasteiger partial charge is 0.489 e. The Kier molecular flexibility index (Phi) is 6.68. The Balaban J connectivity index is 1.16. The van der Waals surface area contributed by atoms with Crippen molar-refractivity contribution in [3.63, 3.8) is 0 Å². The van der Waals surface area contributed by atoms with Crippen LogP contribution >= 0.6 is 11.6 Å². The lowest BCUT2D eigenvalue weighted by Crippen LogP contribution is -2.48. The van der Waals surface area contributed by atoms with Crippen molar-refractivity contribution in [1.29, 1.82) is 0 Å². The molecule has 0 spiro atoms. The van der Waals surface area contributed by atoms with Crippen LogP contribution in [-0.4, -0.2) is 62.3 Å². The van der Waals surface area contributed by atoms with Crippen molar-refractivity contribution in [2.75, 3.05) is 49.1 Å². The number of ether oxygens (including phenoxy) is 1. The molecule has 2 aromatic rings. The molecule has 0 bridgehead atoms. The highest BCUT2D eigenvalue weighted by atomic mass is 35.5. The fraction of sp³-hybridized carbons (Fsp3) is 0.423. The van der Waals surface area contributed by atoms with Crippen molar-refractivity contribution in [3.05, 3.63) is 64.8 Å². The van der Waals surface area contributed by atoms with Gasteiger partial charge in [-0.1, -0.05) is 23.7 Å². The van der Waals surface area contributed by atoms with Gasteiger partial charge in [0.15, 0.2) is 0 Å². The fourth-order valence-electron chi connectivity index (χ4n) is 4.82. The molecule has 0 aliphatic carbocycles. The molecule has 1 unspecified atom stereocenters. The molecule has 1 N–H and O–H groups in total. The molecule has 0 aromatic heterocycles. The molecular formula is C26H31ClN4O3. The number of fused-ring (bicyclic) bond motifs is 1. The van der Waals surface area contributed by atoms with E-state index in [1.807, 2.05) is 36.4 Å². The van der Waals surface area contributed by atoms with Gasteiger partial charge in [0.1, 0.15) is 17.6 Å². The summed E-state index contributed by atoms with van der Waals surface area (Å²) < 4.78 is 6.00. The zero-order chi connectivity index (χ0) is 23.7. The number of nitrogens with one attached hydrogen (secondary N) is 1. The molecule has 1 atom stereocenters. The molecule has 1 amide bonds. The number of hydrogen-bond acceptors (Lipinski definition) is 6. The topological polar surface area (TPSA) is 57.3 Å². The lowest BCUT2D eigenvalue weighted by molar-refractivity contribution is -0.116. The van der Waals surface area contributed by atoms with E-state index in [1.54, 1.807) is 4.90 Å². The van der Waals surface area contributed by atoms with Crippen LogP contribution in [0.1, 0.15) is 19.4 Å². The van der Waals surface area contributed by atoms with Crippen molar-refractivity contribution in [1.82, 2.24) is 10.4 Å². The Hall–Kier alpha value is -2.74. The predicted molar refractivity (Wildman–Crippen MR) is 134 cm³/mol. The van der Waals surface area contributed by atoms with E-state index < -0.39 is 0 Å². The summed E-state index contributed by atoms with van der Waals surface area (Å²) in [6.45, 7) is 9.18. The number of nitrogens with zero attached hydrogens (tertiary/aromatic N) is 3. The van der Waals surface area contributed by atoms with Gasteiger partial charge in [-0.05, 0) is 62.2 Å². The second-order valence-electron chi connectivity index (χ2n) is 9.24. The number of anilines is 2. The van der Waals surface area contributed by atoms with Crippen LogP contribution in [0, 0.1) is 0 Å². The molecule has 0 radical (unpaired) electrons. The maximum absolute atomic E-state index is 13.1. The molecule has 0 saturated carbocycles. The summed E-state index contributed by atoms with van der Waals surface area (Å²) in [7, 11) is 0. The highest BCUT2D eigenvalue weighted by Gasteiger charge is 2.31. The Labute approximate surface area is 205 Å². The van der Waals surface area contributed by atoms with Crippen LogP contribution in [0.25, 0.3) is 0 Å². The predicted octanol–water partition coefficient (Wildman–Crippen LogP) is 3.63. The van der Waals surface area contributed by atoms with Gasteiger partial charge < -0.3 is 14.5 Å². The molecule has 8 heteroatoms. The maximum atomic E-state index is 13.1. The van der Waals surface area contributed by atoms with E-state index in [1.165, 1.54) is 0 Å². The van der Waals surface area contributed by atoms with Gasteiger partial charge in [-0.15, -0.1) is 0 Å². The molecular weight excluding hydrogens is 452 g/mol. The van der Waals surface area contributed by atoms with Gasteiger partial charge in [0.2, 0.25) is 0 Å². The van der Waals surface area contributed by atoms with Gasteiger partial charge in [-0.3, -0.25) is 20.0 Å². The second-order valence-corrected chi connectivity index (χ2v) is 9.68. The van der Waals surface area contributed by atoms with E-state index in [9.17, 15) is 4.79 Å². The third kappa shape index (κ3) is 4.87. The molecule has 34 heavy (non-hydrogen) atoms. The van der Waals surface area contributed by atoms with Crippen molar-refractivity contribution in [3.8, 4) is 5.75 Å². The quantitative estimate of drug-likeness (QED) is 0.678. The normalized spacial score (nSPS) is 20.4. The first-order valence-electron chi connectivity index (χ1n) is 11.9. The number of benzene rings is 2. The lowest BCUT2D eigenvalue weighted by atomic mass is 10.2. The molecule has 2 aromatic carbocycles. The summed E-state index contributed by atoms with van der Waals surface area (Å²) in [5.41, 5.74) is 6.55. The van der Waals surface area contributed by atoms with E-state index in [0.717, 1.165) is 61.8 Å². The monoisotopic (exact) mass is 482 g/mol. The average Bonchev–Trinajstić information content (AvgIpc) is 3.46. The average molecular weight is 483 g/mol. The first kappa shape index (κ1) is 23.0. The van der Waals surface area contributed by atoms with E-state index in [-0.39, 0.29) is 18.1 Å². The van der Waals surface area contributed by atoms with E-state index in [0.29, 0.717) is 17.3 Å². The molecule has 180 valence electrons. The molecule has 5 rings (SSSR count). The van der Waals surface area contributed by atoms with Gasteiger partial charge in [0.25, 0.3) is 5.91 Å². The Morgan fingerprint density at radius 3 is 2.71 bits per heavy atom. The van der Waals surface area contributed by atoms with E-state index >= 15 is 0 Å². The molecule has 3 aliphatic rings. The molecule has 7 nitrogen and oxygen atoms in total. The summed E-state index contributed by atoms with van der Waals surface area (Å²) in [6.07, 6.45) is 2.71. The smallest absolute Gasteiger partial charge is 0.276 e. The highest BCUT2D eigenvalue weighted by molar-refractivity contribution is 6.30. The number of carbonyl (C=O) groups is 1. The zero-order valence-corrected chi connectivity index (χ0v) is 20.4. The third-order valence-corrected chi connectivity index (χ3v) is 6.70. The van der Waals surface area contributed by atoms with Crippen molar-refractivity contribution in [2.45, 2.75) is 32.5 Å². The van der Waals surface area contributed by atoms with Crippen LogP contribution in [0.3, 0.4) is 0 Å². The number of hydrogen-bond donors (Lipinski definition) is 1. The molecule has 3 aliphatic heterocycles. The number of rotatable bonds is 6. The number of para-hydroxylation sites is 2. The van der Waals surface area contributed by atoms with Crippen molar-refractivity contribution >= 4 is 28.9 Å². The lowest BCUT2D eigenvalue weighted by Gasteiger charge is -2.37. The highest BCUT2D eigenvalue weighted by Crippen LogP contribution is 2.32. The SMILES string of the molecule is CC(C)Oc1ccccc1N1CCN(CC2C=C(C(=O)N3CCc4cc(Cl)ccc43)NO2)CC1. The van der Waals surface area contributed by atoms with Crippen LogP contribution < -0.4 is 20.0 Å². The number of piperazine rings is 1. The van der Waals surface area contributed by atoms with Crippen LogP contribution in [-0.2, 0) is 16.1 Å². The zero-order valence-electron chi connectivity index (χ0n) is 19.7. The van der Waals surface area contributed by atoms with Gasteiger partial charge in [-0.25, -0.2) is 0 Å². The van der Waals surface area contributed by atoms with E-state index in [4.69, 9.17) is 21.2 Å². The number of carbonyl (C=O) groups excluding carboxylic acids is 1. The summed E-state index contributed by atoms with van der Waals surface area (Å²) in [6, 6.07) is 13.9. The first-order chi connectivity index (χ1) is 16.5. The summed E-state index contributed by atoms with van der Waals surface area (Å²) in [4.78, 5) is 25.4. The number of halogens is 1. The Bertz CT molecular complexity index is 1080. The Morgan fingerprint density at radius 2 is 1.91 bits per heavy atom. The van der Waals surface area contributed by atoms with Crippen LogP contribution in [0.2, 0.25) is 5.02 Å². The van der Waals surface area contributed by atoms with E-state index in [2.05, 4.69) is 41.3 Å². The number of amides is 1. The first-order valence-corrected chi connectivity index (χ1v) is 12.3. The van der Waals surface area contributed by atoms with Gasteiger partial charge in [-0.2, -0.15) is 0 Å². The van der Waals surface area contributed by atoms with Crippen LogP contribution in [0.15, 0.2) is 54.2 Å². The summed E-state index contributed by atoms with van der Waals surface area (Å²) in [5.74, 6) is 0.876. The van der Waals surface area contributed by atoms with Gasteiger partial charge in [0, 0.05) is 50.0 Å². The minimum Gasteiger partial charge on any atom is -0.489 e. The fourth-order valence-corrected chi connectivity index (χ4v) is 5.02. The molecule has 3 heterocycles. The third-order valence-electron chi connectivity index (χ3n) is 6.46. The number of hydroxylamine groups is 1. The van der Waals surface area contributed by atoms with Crippen LogP contribution in [0.5, 0.6) is 5.75 Å².